The molecule has 0 saturated carbocycles. The fourth-order valence-corrected chi connectivity index (χ4v) is 2.41. The molecule has 1 aliphatic rings. The zero-order valence-corrected chi connectivity index (χ0v) is 11.4. The molecule has 7 heteroatoms. The molecule has 4 N–H and O–H groups in total. The van der Waals surface area contributed by atoms with E-state index in [9.17, 15) is 9.18 Å². The minimum atomic E-state index is -0.764. The number of carbonyl (C=O) groups is 1. The van der Waals surface area contributed by atoms with Gasteiger partial charge in [0.05, 0.1) is 12.8 Å². The molecule has 2 atom stereocenters. The average molecular weight is 282 g/mol. The molecule has 0 spiro atoms. The summed E-state index contributed by atoms with van der Waals surface area (Å²) in [6.07, 6.45) is 1.29. The second-order valence-corrected chi connectivity index (χ2v) is 5.09. The van der Waals surface area contributed by atoms with Crippen molar-refractivity contribution >= 4 is 11.9 Å². The Bertz CT molecular complexity index is 495. The predicted octanol–water partition coefficient (Wildman–Crippen LogP) is 1.16. The Kier molecular flexibility index (Phi) is 4.39. The molecule has 1 aromatic heterocycles. The highest BCUT2D eigenvalue weighted by molar-refractivity contribution is 5.64. The normalized spacial score (nSPS) is 19.9. The number of primary amides is 1. The lowest BCUT2D eigenvalue weighted by atomic mass is 10.1. The van der Waals surface area contributed by atoms with Crippen LogP contribution in [-0.2, 0) is 4.74 Å². The van der Waals surface area contributed by atoms with E-state index >= 15 is 0 Å². The van der Waals surface area contributed by atoms with Gasteiger partial charge in [0, 0.05) is 30.6 Å². The monoisotopic (exact) mass is 282 g/mol. The number of hydrogen-bond donors (Lipinski definition) is 2. The maximum absolute atomic E-state index is 13.3. The average Bonchev–Trinajstić information content (AvgIpc) is 2.84. The third-order valence-electron chi connectivity index (χ3n) is 3.40. The third kappa shape index (κ3) is 3.36. The van der Waals surface area contributed by atoms with Crippen LogP contribution in [0.2, 0.25) is 0 Å². The summed E-state index contributed by atoms with van der Waals surface area (Å²) in [5, 5.41) is 0. The minimum Gasteiger partial charge on any atom is -0.449 e. The van der Waals surface area contributed by atoms with E-state index < -0.39 is 11.9 Å². The molecule has 0 aliphatic carbocycles. The number of nitrogens with two attached hydrogens (primary N) is 2. The molecule has 0 radical (unpaired) electrons. The molecule has 1 fully saturated rings. The smallest absolute Gasteiger partial charge is 0.404 e. The highest BCUT2D eigenvalue weighted by Gasteiger charge is 2.26. The molecule has 2 rings (SSSR count). The first-order chi connectivity index (χ1) is 9.47. The number of hydrogen-bond acceptors (Lipinski definition) is 5. The molecule has 6 nitrogen and oxygen atoms in total. The number of anilines is 1. The van der Waals surface area contributed by atoms with Crippen molar-refractivity contribution in [2.45, 2.75) is 19.4 Å². The fraction of sp³-hybridized carbons (Fsp3) is 0.538. The summed E-state index contributed by atoms with van der Waals surface area (Å²) in [5.41, 5.74) is 11.5. The second kappa shape index (κ2) is 6.04. The molecule has 2 heterocycles. The molecule has 2 unspecified atom stereocenters. The number of aromatic nitrogens is 1. The Labute approximate surface area is 116 Å². The Morgan fingerprint density at radius 3 is 3.10 bits per heavy atom. The van der Waals surface area contributed by atoms with E-state index in [0.29, 0.717) is 24.5 Å². The number of pyridine rings is 1. The molecule has 1 aliphatic heterocycles. The van der Waals surface area contributed by atoms with Crippen LogP contribution in [0.3, 0.4) is 0 Å². The first-order valence-corrected chi connectivity index (χ1v) is 6.55. The molecule has 0 aromatic carbocycles. The van der Waals surface area contributed by atoms with Crippen molar-refractivity contribution < 1.29 is 13.9 Å². The SMILES string of the molecule is CC(N)c1cc(F)cnc1N1CCC(COC(N)=O)C1. The number of amides is 1. The van der Waals surface area contributed by atoms with Crippen molar-refractivity contribution in [1.82, 2.24) is 4.98 Å². The number of carbonyl (C=O) groups excluding carboxylic acids is 1. The standard InChI is InChI=1S/C13H19FN4O2/c1-8(15)11-4-10(14)5-17-12(11)18-3-2-9(6-18)7-20-13(16)19/h4-5,8-9H,2-3,6-7,15H2,1H3,(H2,16,19). The van der Waals surface area contributed by atoms with Crippen LogP contribution in [0.1, 0.15) is 24.9 Å². The summed E-state index contributed by atoms with van der Waals surface area (Å²) in [6, 6.07) is 1.12. The Hall–Kier alpha value is -1.89. The lowest BCUT2D eigenvalue weighted by molar-refractivity contribution is 0.140. The maximum Gasteiger partial charge on any atom is 0.404 e. The van der Waals surface area contributed by atoms with Gasteiger partial charge in [0.2, 0.25) is 0 Å². The van der Waals surface area contributed by atoms with Gasteiger partial charge in [-0.25, -0.2) is 14.2 Å². The quantitative estimate of drug-likeness (QED) is 0.864. The van der Waals surface area contributed by atoms with E-state index in [4.69, 9.17) is 16.2 Å². The topological polar surface area (TPSA) is 94.5 Å². The van der Waals surface area contributed by atoms with Gasteiger partial charge in [0.15, 0.2) is 0 Å². The van der Waals surface area contributed by atoms with Gasteiger partial charge in [-0.3, -0.25) is 0 Å². The molecule has 1 aromatic rings. The summed E-state index contributed by atoms with van der Waals surface area (Å²) >= 11 is 0. The third-order valence-corrected chi connectivity index (χ3v) is 3.40. The molecule has 1 saturated heterocycles. The van der Waals surface area contributed by atoms with Crippen molar-refractivity contribution in [1.29, 1.82) is 0 Å². The Morgan fingerprint density at radius 2 is 2.45 bits per heavy atom. The first kappa shape index (κ1) is 14.5. The van der Waals surface area contributed by atoms with E-state index in [0.717, 1.165) is 13.0 Å². The van der Waals surface area contributed by atoms with Gasteiger partial charge in [0.1, 0.15) is 11.6 Å². The highest BCUT2D eigenvalue weighted by Crippen LogP contribution is 2.28. The van der Waals surface area contributed by atoms with Gasteiger partial charge in [-0.1, -0.05) is 0 Å². The van der Waals surface area contributed by atoms with Crippen LogP contribution < -0.4 is 16.4 Å². The zero-order chi connectivity index (χ0) is 14.7. The van der Waals surface area contributed by atoms with Crippen LogP contribution in [0, 0.1) is 11.7 Å². The van der Waals surface area contributed by atoms with Gasteiger partial charge in [-0.15, -0.1) is 0 Å². The largest absolute Gasteiger partial charge is 0.449 e. The molecule has 110 valence electrons. The van der Waals surface area contributed by atoms with Crippen LogP contribution in [0.15, 0.2) is 12.3 Å². The summed E-state index contributed by atoms with van der Waals surface area (Å²) in [7, 11) is 0. The van der Waals surface area contributed by atoms with Crippen molar-refractivity contribution in [3.63, 3.8) is 0 Å². The predicted molar refractivity (Wildman–Crippen MR) is 72.7 cm³/mol. The first-order valence-electron chi connectivity index (χ1n) is 6.55. The fourth-order valence-electron chi connectivity index (χ4n) is 2.41. The second-order valence-electron chi connectivity index (χ2n) is 5.09. The van der Waals surface area contributed by atoms with Crippen LogP contribution >= 0.6 is 0 Å². The van der Waals surface area contributed by atoms with Crippen LogP contribution in [0.4, 0.5) is 15.0 Å². The summed E-state index contributed by atoms with van der Waals surface area (Å²) < 4.78 is 18.1. The Morgan fingerprint density at radius 1 is 1.70 bits per heavy atom. The number of rotatable bonds is 4. The Balaban J connectivity index is 2.08. The van der Waals surface area contributed by atoms with E-state index in [1.165, 1.54) is 12.3 Å². The van der Waals surface area contributed by atoms with Gasteiger partial charge in [-0.2, -0.15) is 0 Å². The van der Waals surface area contributed by atoms with E-state index in [1.807, 2.05) is 4.90 Å². The maximum atomic E-state index is 13.3. The summed E-state index contributed by atoms with van der Waals surface area (Å²) in [5.74, 6) is 0.507. The van der Waals surface area contributed by atoms with Crippen molar-refractivity contribution in [3.05, 3.63) is 23.6 Å². The minimum absolute atomic E-state index is 0.204. The van der Waals surface area contributed by atoms with Crippen molar-refractivity contribution in [3.8, 4) is 0 Å². The summed E-state index contributed by atoms with van der Waals surface area (Å²) in [6.45, 7) is 3.54. The molecule has 1 amide bonds. The molecule has 20 heavy (non-hydrogen) atoms. The van der Waals surface area contributed by atoms with Crippen LogP contribution in [0.25, 0.3) is 0 Å². The van der Waals surface area contributed by atoms with Crippen molar-refractivity contribution in [2.24, 2.45) is 17.4 Å². The lowest BCUT2D eigenvalue weighted by Gasteiger charge is -2.22. The number of halogens is 1. The molecular weight excluding hydrogens is 263 g/mol. The number of nitrogens with zero attached hydrogens (tertiary/aromatic N) is 2. The van der Waals surface area contributed by atoms with Crippen LogP contribution in [-0.4, -0.2) is 30.8 Å². The van der Waals surface area contributed by atoms with Gasteiger partial charge < -0.3 is 21.1 Å². The highest BCUT2D eigenvalue weighted by atomic mass is 19.1. The summed E-state index contributed by atoms with van der Waals surface area (Å²) in [4.78, 5) is 16.8. The zero-order valence-electron chi connectivity index (χ0n) is 11.4. The van der Waals surface area contributed by atoms with Gasteiger partial charge in [0.25, 0.3) is 0 Å². The molecular formula is C13H19FN4O2. The molecule has 0 bridgehead atoms. The van der Waals surface area contributed by atoms with Crippen LogP contribution in [0.5, 0.6) is 0 Å². The van der Waals surface area contributed by atoms with E-state index in [-0.39, 0.29) is 12.0 Å². The van der Waals surface area contributed by atoms with Gasteiger partial charge >= 0.3 is 6.09 Å². The van der Waals surface area contributed by atoms with E-state index in [1.54, 1.807) is 6.92 Å². The number of ether oxygens (including phenoxy) is 1. The van der Waals surface area contributed by atoms with Crippen molar-refractivity contribution in [2.75, 3.05) is 24.6 Å². The van der Waals surface area contributed by atoms with E-state index in [2.05, 4.69) is 4.98 Å². The lowest BCUT2D eigenvalue weighted by Crippen LogP contribution is -2.26. The van der Waals surface area contributed by atoms with Gasteiger partial charge in [-0.05, 0) is 19.4 Å².